The van der Waals surface area contributed by atoms with E-state index in [1.807, 2.05) is 38.1 Å². The molecule has 1 aliphatic heterocycles. The molecule has 0 unspecified atom stereocenters. The van der Waals surface area contributed by atoms with Crippen LogP contribution < -0.4 is 0 Å². The van der Waals surface area contributed by atoms with E-state index >= 15 is 0 Å². The molecule has 1 amide bonds. The first-order valence-corrected chi connectivity index (χ1v) is 9.83. The van der Waals surface area contributed by atoms with Crippen LogP contribution in [0.1, 0.15) is 27.3 Å². The summed E-state index contributed by atoms with van der Waals surface area (Å²) in [5.41, 5.74) is 4.41. The van der Waals surface area contributed by atoms with E-state index < -0.39 is 0 Å². The number of nitrogens with zero attached hydrogens (tertiary/aromatic N) is 2. The van der Waals surface area contributed by atoms with Crippen molar-refractivity contribution >= 4 is 46.3 Å². The molecule has 0 spiro atoms. The third-order valence-corrected chi connectivity index (χ3v) is 5.87. The second kappa shape index (κ2) is 8.16. The Morgan fingerprint density at radius 3 is 2.57 bits per heavy atom. The van der Waals surface area contributed by atoms with Crippen molar-refractivity contribution in [2.24, 2.45) is 0 Å². The van der Waals surface area contributed by atoms with Crippen LogP contribution in [-0.2, 0) is 9.53 Å². The fourth-order valence-electron chi connectivity index (χ4n) is 3.12. The normalized spacial score (nSPS) is 15.4. The molecule has 7 heteroatoms. The molecule has 0 radical (unpaired) electrons. The molecule has 0 N–H and O–H groups in total. The molecule has 1 saturated heterocycles. The van der Waals surface area contributed by atoms with Gasteiger partial charge in [0.05, 0.1) is 17.6 Å². The molecular weight excluding hydrogens is 392 g/mol. The monoisotopic (exact) mass is 412 g/mol. The van der Waals surface area contributed by atoms with E-state index in [4.69, 9.17) is 17.0 Å². The third-order valence-electron chi connectivity index (χ3n) is 4.49. The lowest BCUT2D eigenvalue weighted by atomic mass is 10.2. The lowest BCUT2D eigenvalue weighted by Gasteiger charge is -2.11. The minimum Gasteiger partial charge on any atom is -0.465 e. The van der Waals surface area contributed by atoms with Gasteiger partial charge in [0.15, 0.2) is 0 Å². The molecule has 0 atom stereocenters. The van der Waals surface area contributed by atoms with Crippen LogP contribution in [0.15, 0.2) is 47.9 Å². The number of aromatic nitrogens is 1. The van der Waals surface area contributed by atoms with Crippen molar-refractivity contribution in [2.75, 3.05) is 13.7 Å². The van der Waals surface area contributed by atoms with Crippen LogP contribution in [0.4, 0.5) is 0 Å². The van der Waals surface area contributed by atoms with Crippen molar-refractivity contribution in [3.8, 4) is 5.69 Å². The van der Waals surface area contributed by atoms with Gasteiger partial charge in [-0.3, -0.25) is 9.69 Å². The molecule has 1 aliphatic rings. The molecule has 1 aromatic carbocycles. The summed E-state index contributed by atoms with van der Waals surface area (Å²) in [6.45, 7) is 8.08. The Labute approximate surface area is 173 Å². The fraction of sp³-hybridized carbons (Fsp3) is 0.190. The topological polar surface area (TPSA) is 51.5 Å². The van der Waals surface area contributed by atoms with Crippen molar-refractivity contribution in [2.45, 2.75) is 13.8 Å². The molecule has 2 aromatic rings. The van der Waals surface area contributed by atoms with Crippen molar-refractivity contribution in [1.82, 2.24) is 9.47 Å². The van der Waals surface area contributed by atoms with Gasteiger partial charge in [-0.25, -0.2) is 4.79 Å². The summed E-state index contributed by atoms with van der Waals surface area (Å²) in [5, 5.41) is 0. The van der Waals surface area contributed by atoms with E-state index in [1.165, 1.54) is 18.9 Å². The maximum absolute atomic E-state index is 12.6. The van der Waals surface area contributed by atoms with Gasteiger partial charge < -0.3 is 9.30 Å². The zero-order chi connectivity index (χ0) is 20.4. The molecule has 28 heavy (non-hydrogen) atoms. The van der Waals surface area contributed by atoms with E-state index in [2.05, 4.69) is 11.1 Å². The third kappa shape index (κ3) is 3.68. The number of rotatable bonds is 5. The number of carbonyl (C=O) groups excluding carboxylic acids is 2. The maximum atomic E-state index is 12.6. The highest BCUT2D eigenvalue weighted by Gasteiger charge is 2.31. The first-order chi connectivity index (χ1) is 13.4. The average Bonchev–Trinajstić information content (AvgIpc) is 3.11. The van der Waals surface area contributed by atoms with Gasteiger partial charge in [0, 0.05) is 23.6 Å². The van der Waals surface area contributed by atoms with Gasteiger partial charge in [-0.1, -0.05) is 30.1 Å². The summed E-state index contributed by atoms with van der Waals surface area (Å²) >= 11 is 6.60. The second-order valence-corrected chi connectivity index (χ2v) is 7.96. The van der Waals surface area contributed by atoms with Gasteiger partial charge in [-0.2, -0.15) is 0 Å². The highest BCUT2D eigenvalue weighted by Crippen LogP contribution is 2.34. The lowest BCUT2D eigenvalue weighted by molar-refractivity contribution is -0.121. The Balaban J connectivity index is 1.95. The first-order valence-electron chi connectivity index (χ1n) is 8.61. The van der Waals surface area contributed by atoms with Crippen LogP contribution in [0.3, 0.4) is 0 Å². The number of ether oxygens (including phenoxy) is 1. The Morgan fingerprint density at radius 1 is 1.29 bits per heavy atom. The Kier molecular flexibility index (Phi) is 5.86. The van der Waals surface area contributed by atoms with Crippen LogP contribution >= 0.6 is 24.0 Å². The predicted octanol–water partition coefficient (Wildman–Crippen LogP) is 4.27. The zero-order valence-corrected chi connectivity index (χ0v) is 17.5. The van der Waals surface area contributed by atoms with Crippen molar-refractivity contribution in [3.63, 3.8) is 0 Å². The minimum atomic E-state index is -0.366. The summed E-state index contributed by atoms with van der Waals surface area (Å²) in [6.07, 6.45) is 3.54. The van der Waals surface area contributed by atoms with E-state index in [0.717, 1.165) is 22.6 Å². The number of carbonyl (C=O) groups is 2. The summed E-state index contributed by atoms with van der Waals surface area (Å²) in [5.74, 6) is -0.461. The molecule has 1 fully saturated rings. The molecule has 5 nitrogen and oxygen atoms in total. The largest absolute Gasteiger partial charge is 0.465 e. The van der Waals surface area contributed by atoms with Gasteiger partial charge in [0.25, 0.3) is 5.91 Å². The average molecular weight is 413 g/mol. The molecular formula is C21H20N2O3S2. The Hall–Kier alpha value is -2.64. The van der Waals surface area contributed by atoms with E-state index in [-0.39, 0.29) is 11.9 Å². The number of amides is 1. The van der Waals surface area contributed by atoms with Crippen molar-refractivity contribution in [3.05, 3.63) is 70.4 Å². The number of thioether (sulfide) groups is 1. The van der Waals surface area contributed by atoms with E-state index in [1.54, 1.807) is 23.1 Å². The molecule has 144 valence electrons. The lowest BCUT2D eigenvalue weighted by Crippen LogP contribution is -2.27. The quantitative estimate of drug-likeness (QED) is 0.318. The molecule has 3 rings (SSSR count). The van der Waals surface area contributed by atoms with Gasteiger partial charge in [0.1, 0.15) is 4.32 Å². The Morgan fingerprint density at radius 2 is 1.96 bits per heavy atom. The highest BCUT2D eigenvalue weighted by molar-refractivity contribution is 8.26. The molecule has 0 aliphatic carbocycles. The molecule has 1 aromatic heterocycles. The van der Waals surface area contributed by atoms with Crippen molar-refractivity contribution in [1.29, 1.82) is 0 Å². The van der Waals surface area contributed by atoms with Crippen LogP contribution in [0.2, 0.25) is 0 Å². The number of hydrogen-bond acceptors (Lipinski definition) is 5. The van der Waals surface area contributed by atoms with Crippen LogP contribution in [-0.4, -0.2) is 39.3 Å². The molecule has 0 bridgehead atoms. The van der Waals surface area contributed by atoms with Gasteiger partial charge >= 0.3 is 5.97 Å². The van der Waals surface area contributed by atoms with Crippen molar-refractivity contribution < 1.29 is 14.3 Å². The van der Waals surface area contributed by atoms with E-state index in [9.17, 15) is 9.59 Å². The Bertz CT molecular complexity index is 1000. The number of thiocarbonyl (C=S) groups is 1. The number of benzene rings is 1. The summed E-state index contributed by atoms with van der Waals surface area (Å²) in [4.78, 5) is 26.3. The van der Waals surface area contributed by atoms with Crippen LogP contribution in [0.25, 0.3) is 11.8 Å². The second-order valence-electron chi connectivity index (χ2n) is 6.28. The fourth-order valence-corrected chi connectivity index (χ4v) is 4.39. The van der Waals surface area contributed by atoms with Crippen LogP contribution in [0, 0.1) is 13.8 Å². The molecule has 0 saturated carbocycles. The SMILES string of the molecule is C=CCN1C(=O)/C(=C\c2cc(C)n(-c3ccc(C(=O)OC)cc3)c2C)SC1=S. The van der Waals surface area contributed by atoms with Gasteiger partial charge in [-0.15, -0.1) is 6.58 Å². The predicted molar refractivity (Wildman–Crippen MR) is 117 cm³/mol. The number of hydrogen-bond donors (Lipinski definition) is 0. The van der Waals surface area contributed by atoms with Crippen LogP contribution in [0.5, 0.6) is 0 Å². The minimum absolute atomic E-state index is 0.0952. The first kappa shape index (κ1) is 20.1. The standard InChI is InChI=1S/C21H20N2O3S2/c1-5-10-22-19(24)18(28-21(22)27)12-16-11-13(2)23(14(16)3)17-8-6-15(7-9-17)20(25)26-4/h5-9,11-12H,1,10H2,2-4H3/b18-12+. The van der Waals surface area contributed by atoms with Gasteiger partial charge in [0.2, 0.25) is 0 Å². The van der Waals surface area contributed by atoms with E-state index in [0.29, 0.717) is 21.3 Å². The summed E-state index contributed by atoms with van der Waals surface area (Å²) in [7, 11) is 1.36. The van der Waals surface area contributed by atoms with Gasteiger partial charge in [-0.05, 0) is 55.8 Å². The summed E-state index contributed by atoms with van der Waals surface area (Å²) < 4.78 is 7.37. The number of methoxy groups -OCH3 is 1. The molecule has 2 heterocycles. The smallest absolute Gasteiger partial charge is 0.337 e. The number of aryl methyl sites for hydroxylation is 1. The zero-order valence-electron chi connectivity index (χ0n) is 15.9. The summed E-state index contributed by atoms with van der Waals surface area (Å²) in [6, 6.07) is 9.25. The number of esters is 1. The maximum Gasteiger partial charge on any atom is 0.337 e. The highest BCUT2D eigenvalue weighted by atomic mass is 32.2.